The van der Waals surface area contributed by atoms with Crippen molar-refractivity contribution in [2.45, 2.75) is 51.9 Å². The molecule has 0 aromatic rings. The average Bonchev–Trinajstić information content (AvgIpc) is 2.44. The van der Waals surface area contributed by atoms with Crippen molar-refractivity contribution in [1.29, 1.82) is 15.8 Å². The highest BCUT2D eigenvalue weighted by Crippen LogP contribution is 2.31. The fraction of sp³-hybridized carbons (Fsp3) is 0.714. The highest BCUT2D eigenvalue weighted by Gasteiger charge is 2.39. The molecule has 0 N–H and O–H groups in total. The first-order chi connectivity index (χ1) is 9.16. The van der Waals surface area contributed by atoms with E-state index < -0.39 is 11.4 Å². The number of unbranched alkanes of at least 4 members (excludes halogenated alkanes) is 2. The van der Waals surface area contributed by atoms with Gasteiger partial charge in [-0.3, -0.25) is 4.79 Å². The van der Waals surface area contributed by atoms with Gasteiger partial charge >= 0.3 is 5.97 Å². The van der Waals surface area contributed by atoms with Gasteiger partial charge in [-0.05, 0) is 25.7 Å². The third-order valence-corrected chi connectivity index (χ3v) is 2.85. The molecule has 0 aromatic carbocycles. The van der Waals surface area contributed by atoms with Gasteiger partial charge in [0.05, 0.1) is 24.8 Å². The van der Waals surface area contributed by atoms with E-state index >= 15 is 0 Å². The van der Waals surface area contributed by atoms with E-state index in [-0.39, 0.29) is 19.4 Å². The third-order valence-electron chi connectivity index (χ3n) is 2.85. The van der Waals surface area contributed by atoms with Gasteiger partial charge in [-0.25, -0.2) is 0 Å². The lowest BCUT2D eigenvalue weighted by atomic mass is 9.80. The van der Waals surface area contributed by atoms with Crippen molar-refractivity contribution >= 4 is 5.97 Å². The topological polar surface area (TPSA) is 97.7 Å². The SMILES string of the molecule is CCCOC(=O)C(C#N)(CCC#N)CCCCC#N. The van der Waals surface area contributed by atoms with E-state index in [0.29, 0.717) is 32.1 Å². The number of hydrogen-bond acceptors (Lipinski definition) is 5. The highest BCUT2D eigenvalue weighted by molar-refractivity contribution is 5.80. The second-order valence-corrected chi connectivity index (χ2v) is 4.35. The van der Waals surface area contributed by atoms with E-state index in [1.165, 1.54) is 0 Å². The van der Waals surface area contributed by atoms with Crippen molar-refractivity contribution in [3.05, 3.63) is 0 Å². The lowest BCUT2D eigenvalue weighted by molar-refractivity contribution is -0.153. The summed E-state index contributed by atoms with van der Waals surface area (Å²) >= 11 is 0. The fourth-order valence-corrected chi connectivity index (χ4v) is 1.72. The van der Waals surface area contributed by atoms with E-state index in [0.717, 1.165) is 0 Å². The Balaban J connectivity index is 4.69. The van der Waals surface area contributed by atoms with Crippen LogP contribution in [0, 0.1) is 39.4 Å². The molecule has 0 radical (unpaired) electrons. The number of rotatable bonds is 9. The summed E-state index contributed by atoms with van der Waals surface area (Å²) in [6.45, 7) is 2.16. The molecule has 0 fully saturated rings. The van der Waals surface area contributed by atoms with Crippen LogP contribution in [0.15, 0.2) is 0 Å². The summed E-state index contributed by atoms with van der Waals surface area (Å²) in [4.78, 5) is 12.0. The molecule has 0 aliphatic rings. The van der Waals surface area contributed by atoms with Crippen LogP contribution in [0.5, 0.6) is 0 Å². The van der Waals surface area contributed by atoms with Crippen molar-refractivity contribution in [3.8, 4) is 18.2 Å². The predicted octanol–water partition coefficient (Wildman–Crippen LogP) is 2.84. The van der Waals surface area contributed by atoms with Gasteiger partial charge in [-0.1, -0.05) is 13.3 Å². The Labute approximate surface area is 114 Å². The molecular formula is C14H19N3O2. The normalized spacial score (nSPS) is 12.5. The van der Waals surface area contributed by atoms with Crippen molar-refractivity contribution in [2.24, 2.45) is 5.41 Å². The van der Waals surface area contributed by atoms with Crippen LogP contribution >= 0.6 is 0 Å². The van der Waals surface area contributed by atoms with E-state index in [1.807, 2.05) is 25.1 Å². The predicted molar refractivity (Wildman–Crippen MR) is 68.2 cm³/mol. The number of ether oxygens (including phenoxy) is 1. The Morgan fingerprint density at radius 2 is 1.79 bits per heavy atom. The molecule has 0 spiro atoms. The molecule has 0 aliphatic carbocycles. The summed E-state index contributed by atoms with van der Waals surface area (Å²) in [5.74, 6) is -0.538. The van der Waals surface area contributed by atoms with E-state index in [2.05, 4.69) is 0 Å². The standard InChI is InChI=1S/C14H19N3O2/c1-2-11-19-13(18)14(12-17,8-6-10-16)7-4-3-5-9-15/h2-8,11H2,1H3. The molecule has 5 heteroatoms. The fourth-order valence-electron chi connectivity index (χ4n) is 1.72. The Morgan fingerprint density at radius 1 is 1.11 bits per heavy atom. The largest absolute Gasteiger partial charge is 0.465 e. The van der Waals surface area contributed by atoms with Crippen LogP contribution in [0.1, 0.15) is 51.9 Å². The molecule has 0 saturated carbocycles. The van der Waals surface area contributed by atoms with Gasteiger partial charge in [-0.15, -0.1) is 0 Å². The molecular weight excluding hydrogens is 242 g/mol. The van der Waals surface area contributed by atoms with E-state index in [9.17, 15) is 10.1 Å². The van der Waals surface area contributed by atoms with Crippen LogP contribution < -0.4 is 0 Å². The number of nitriles is 3. The molecule has 0 rings (SSSR count). The number of esters is 1. The van der Waals surface area contributed by atoms with E-state index in [4.69, 9.17) is 15.3 Å². The first-order valence-corrected chi connectivity index (χ1v) is 6.49. The second-order valence-electron chi connectivity index (χ2n) is 4.35. The Hall–Kier alpha value is -2.06. The van der Waals surface area contributed by atoms with Crippen molar-refractivity contribution in [3.63, 3.8) is 0 Å². The zero-order valence-electron chi connectivity index (χ0n) is 11.3. The van der Waals surface area contributed by atoms with E-state index in [1.54, 1.807) is 0 Å². The lowest BCUT2D eigenvalue weighted by Gasteiger charge is -2.23. The molecule has 0 heterocycles. The molecule has 102 valence electrons. The molecule has 0 amide bonds. The minimum Gasteiger partial charge on any atom is -0.465 e. The molecule has 0 bridgehead atoms. The van der Waals surface area contributed by atoms with Gasteiger partial charge in [-0.2, -0.15) is 15.8 Å². The maximum atomic E-state index is 12.0. The van der Waals surface area contributed by atoms with Gasteiger partial charge in [0.1, 0.15) is 0 Å². The Morgan fingerprint density at radius 3 is 2.32 bits per heavy atom. The summed E-state index contributed by atoms with van der Waals surface area (Å²) in [7, 11) is 0. The summed E-state index contributed by atoms with van der Waals surface area (Å²) in [6, 6.07) is 6.01. The zero-order chi connectivity index (χ0) is 14.6. The summed E-state index contributed by atoms with van der Waals surface area (Å²) in [6.07, 6.45) is 3.03. The molecule has 1 atom stereocenters. The zero-order valence-corrected chi connectivity index (χ0v) is 11.3. The number of hydrogen-bond donors (Lipinski definition) is 0. The maximum absolute atomic E-state index is 12.0. The quantitative estimate of drug-likeness (QED) is 0.469. The van der Waals surface area contributed by atoms with Crippen LogP contribution in [0.25, 0.3) is 0 Å². The molecule has 0 aliphatic heterocycles. The molecule has 1 unspecified atom stereocenters. The van der Waals surface area contributed by atoms with Crippen molar-refractivity contribution in [2.75, 3.05) is 6.61 Å². The summed E-state index contributed by atoms with van der Waals surface area (Å²) in [5, 5.41) is 26.4. The second kappa shape index (κ2) is 9.92. The average molecular weight is 261 g/mol. The first kappa shape index (κ1) is 16.9. The molecule has 5 nitrogen and oxygen atoms in total. The summed E-state index contributed by atoms with van der Waals surface area (Å²) in [5.41, 5.74) is -1.24. The lowest BCUT2D eigenvalue weighted by Crippen LogP contribution is -2.32. The van der Waals surface area contributed by atoms with Crippen LogP contribution in [0.2, 0.25) is 0 Å². The summed E-state index contributed by atoms with van der Waals surface area (Å²) < 4.78 is 5.07. The third kappa shape index (κ3) is 5.89. The monoisotopic (exact) mass is 261 g/mol. The van der Waals surface area contributed by atoms with Crippen LogP contribution in [0.4, 0.5) is 0 Å². The number of nitrogens with zero attached hydrogens (tertiary/aromatic N) is 3. The van der Waals surface area contributed by atoms with Gasteiger partial charge in [0.15, 0.2) is 5.41 Å². The van der Waals surface area contributed by atoms with Crippen molar-refractivity contribution in [1.82, 2.24) is 0 Å². The van der Waals surface area contributed by atoms with Crippen LogP contribution in [-0.2, 0) is 9.53 Å². The smallest absolute Gasteiger partial charge is 0.326 e. The highest BCUT2D eigenvalue weighted by atomic mass is 16.5. The van der Waals surface area contributed by atoms with Gasteiger partial charge in [0, 0.05) is 12.8 Å². The molecule has 19 heavy (non-hydrogen) atoms. The number of carbonyl (C=O) groups is 1. The molecule has 0 saturated heterocycles. The van der Waals surface area contributed by atoms with Crippen LogP contribution in [-0.4, -0.2) is 12.6 Å². The van der Waals surface area contributed by atoms with Crippen LogP contribution in [0.3, 0.4) is 0 Å². The first-order valence-electron chi connectivity index (χ1n) is 6.49. The Bertz CT molecular complexity index is 400. The minimum atomic E-state index is -1.24. The Kier molecular flexibility index (Phi) is 8.84. The van der Waals surface area contributed by atoms with Gasteiger partial charge < -0.3 is 4.74 Å². The maximum Gasteiger partial charge on any atom is 0.326 e. The minimum absolute atomic E-state index is 0.146. The van der Waals surface area contributed by atoms with Crippen molar-refractivity contribution < 1.29 is 9.53 Å². The van der Waals surface area contributed by atoms with Gasteiger partial charge in [0.25, 0.3) is 0 Å². The van der Waals surface area contributed by atoms with Gasteiger partial charge in [0.2, 0.25) is 0 Å². The molecule has 0 aromatic heterocycles. The number of carbonyl (C=O) groups excluding carboxylic acids is 1.